The highest BCUT2D eigenvalue weighted by atomic mass is 32.2. The molecule has 3 heterocycles. The molecule has 10 heteroatoms. The van der Waals surface area contributed by atoms with Gasteiger partial charge < -0.3 is 4.90 Å². The molecule has 1 N–H and O–H groups in total. The molecule has 2 aromatic carbocycles. The number of fused-ring (bicyclic) bond motifs is 1. The van der Waals surface area contributed by atoms with Crippen molar-refractivity contribution in [3.63, 3.8) is 0 Å². The second-order valence-electron chi connectivity index (χ2n) is 7.37. The molecule has 30 heavy (non-hydrogen) atoms. The second-order valence-corrected chi connectivity index (χ2v) is 9.74. The average Bonchev–Trinajstić information content (AvgIpc) is 3.13. The lowest BCUT2D eigenvalue weighted by Gasteiger charge is -2.37. The van der Waals surface area contributed by atoms with E-state index in [-0.39, 0.29) is 10.6 Å². The minimum atomic E-state index is -4.47. The van der Waals surface area contributed by atoms with Gasteiger partial charge in [0.25, 0.3) is 10.1 Å². The monoisotopic (exact) mass is 439 g/mol. The Morgan fingerprint density at radius 1 is 1.17 bits per heavy atom. The van der Waals surface area contributed by atoms with Gasteiger partial charge in [-0.15, -0.1) is 10.2 Å². The summed E-state index contributed by atoms with van der Waals surface area (Å²) in [5.41, 5.74) is 3.98. The summed E-state index contributed by atoms with van der Waals surface area (Å²) >= 11 is 1.27. The molecule has 0 atom stereocenters. The van der Waals surface area contributed by atoms with Crippen molar-refractivity contribution < 1.29 is 13.0 Å². The van der Waals surface area contributed by atoms with Crippen LogP contribution in [0.3, 0.4) is 0 Å². The maximum atomic E-state index is 12.3. The first-order chi connectivity index (χ1) is 14.4. The molecule has 0 saturated carbocycles. The molecule has 5 rings (SSSR count). The number of azo groups is 1. The molecular formula is C20H17N5O3S2. The molecule has 2 aliphatic rings. The third-order valence-electron chi connectivity index (χ3n) is 5.46. The van der Waals surface area contributed by atoms with Crippen molar-refractivity contribution >= 4 is 48.2 Å². The summed E-state index contributed by atoms with van der Waals surface area (Å²) in [7, 11) is -4.47. The van der Waals surface area contributed by atoms with Gasteiger partial charge in [0.2, 0.25) is 5.13 Å². The maximum Gasteiger partial charge on any atom is 0.297 e. The Hall–Kier alpha value is -2.87. The van der Waals surface area contributed by atoms with Gasteiger partial charge in [0, 0.05) is 18.8 Å². The second kappa shape index (κ2) is 7.12. The third kappa shape index (κ3) is 3.25. The van der Waals surface area contributed by atoms with Crippen LogP contribution in [0.25, 0.3) is 10.2 Å². The lowest BCUT2D eigenvalue weighted by Crippen LogP contribution is -2.35. The van der Waals surface area contributed by atoms with Gasteiger partial charge in [-0.3, -0.25) is 4.55 Å². The number of nitrogens with zero attached hydrogens (tertiary/aromatic N) is 5. The van der Waals surface area contributed by atoms with Crippen LogP contribution in [0.4, 0.5) is 16.5 Å². The van der Waals surface area contributed by atoms with Gasteiger partial charge in [0.15, 0.2) is 0 Å². The summed E-state index contributed by atoms with van der Waals surface area (Å²) in [6.45, 7) is 1.78. The van der Waals surface area contributed by atoms with Crippen molar-refractivity contribution in [3.8, 4) is 6.07 Å². The summed E-state index contributed by atoms with van der Waals surface area (Å²) in [6.07, 6.45) is 3.24. The topological polar surface area (TPSA) is 119 Å². The van der Waals surface area contributed by atoms with Crippen LogP contribution in [0.5, 0.6) is 0 Å². The lowest BCUT2D eigenvalue weighted by atomic mass is 9.91. The molecule has 0 unspecified atom stereocenters. The first-order valence-electron chi connectivity index (χ1n) is 9.57. The Balaban J connectivity index is 1.63. The summed E-state index contributed by atoms with van der Waals surface area (Å²) < 4.78 is 35.3. The number of hydrogen-bond acceptors (Lipinski definition) is 8. The molecule has 3 aromatic rings. The summed E-state index contributed by atoms with van der Waals surface area (Å²) in [5, 5.41) is 17.8. The molecular weight excluding hydrogens is 422 g/mol. The lowest BCUT2D eigenvalue weighted by molar-refractivity contribution is 0.481. The fourth-order valence-corrected chi connectivity index (χ4v) is 6.00. The average molecular weight is 440 g/mol. The molecule has 8 nitrogen and oxygen atoms in total. The van der Waals surface area contributed by atoms with Crippen LogP contribution in [-0.4, -0.2) is 31.0 Å². The summed E-state index contributed by atoms with van der Waals surface area (Å²) in [6, 6.07) is 8.96. The van der Waals surface area contributed by atoms with E-state index in [0.717, 1.165) is 48.3 Å². The van der Waals surface area contributed by atoms with Gasteiger partial charge in [-0.1, -0.05) is 11.3 Å². The van der Waals surface area contributed by atoms with Crippen molar-refractivity contribution in [2.75, 3.05) is 18.0 Å². The Morgan fingerprint density at radius 3 is 2.73 bits per heavy atom. The fraction of sp³-hybridized carbons (Fsp3) is 0.300. The zero-order valence-electron chi connectivity index (χ0n) is 15.9. The standard InChI is InChI=1S/C20H17N5O3S2/c21-11-12-5-6-15-17(9-12)29-20(22-15)24-23-16-10-13-3-1-7-25-8-2-4-14(18(13)25)19(16)30(26,27)28/h5-6,9-10H,1-4,7-8H2,(H,26,27,28). The number of thiazole rings is 1. The van der Waals surface area contributed by atoms with Crippen LogP contribution >= 0.6 is 11.3 Å². The van der Waals surface area contributed by atoms with E-state index in [1.807, 2.05) is 0 Å². The van der Waals surface area contributed by atoms with Gasteiger partial charge in [0.1, 0.15) is 10.6 Å². The van der Waals surface area contributed by atoms with Crippen molar-refractivity contribution in [2.24, 2.45) is 10.2 Å². The SMILES string of the molecule is N#Cc1ccc2nc(N=Nc3cc4c5c(c3S(=O)(=O)O)CCCN5CCC4)sc2c1. The zero-order chi connectivity index (χ0) is 20.9. The van der Waals surface area contributed by atoms with Gasteiger partial charge in [-0.05, 0) is 61.1 Å². The van der Waals surface area contributed by atoms with Gasteiger partial charge in [-0.2, -0.15) is 13.7 Å². The molecule has 0 radical (unpaired) electrons. The minimum absolute atomic E-state index is 0.145. The predicted octanol–water partition coefficient (Wildman–Crippen LogP) is 4.53. The number of nitriles is 1. The molecule has 0 bridgehead atoms. The quantitative estimate of drug-likeness (QED) is 0.473. The van der Waals surface area contributed by atoms with E-state index in [1.165, 1.54) is 11.3 Å². The zero-order valence-corrected chi connectivity index (χ0v) is 17.5. The number of aromatic nitrogens is 1. The number of hydrogen-bond donors (Lipinski definition) is 1. The van der Waals surface area contributed by atoms with E-state index in [2.05, 4.69) is 26.2 Å². The highest BCUT2D eigenvalue weighted by Gasteiger charge is 2.32. The number of benzene rings is 2. The molecule has 152 valence electrons. The predicted molar refractivity (Wildman–Crippen MR) is 114 cm³/mol. The maximum absolute atomic E-state index is 12.3. The Kier molecular flexibility index (Phi) is 4.54. The molecule has 0 spiro atoms. The largest absolute Gasteiger partial charge is 0.371 e. The number of anilines is 1. The summed E-state index contributed by atoms with van der Waals surface area (Å²) in [5.74, 6) is 0. The molecule has 0 saturated heterocycles. The van der Waals surface area contributed by atoms with Crippen molar-refractivity contribution in [2.45, 2.75) is 30.6 Å². The third-order valence-corrected chi connectivity index (χ3v) is 7.33. The Labute approximate surface area is 177 Å². The van der Waals surface area contributed by atoms with E-state index < -0.39 is 10.1 Å². The highest BCUT2D eigenvalue weighted by molar-refractivity contribution is 7.86. The molecule has 1 aromatic heterocycles. The van der Waals surface area contributed by atoms with Crippen LogP contribution < -0.4 is 4.90 Å². The summed E-state index contributed by atoms with van der Waals surface area (Å²) in [4.78, 5) is 6.43. The molecule has 0 fully saturated rings. The van der Waals surface area contributed by atoms with Crippen LogP contribution in [-0.2, 0) is 23.0 Å². The molecule has 0 aliphatic carbocycles. The van der Waals surface area contributed by atoms with E-state index >= 15 is 0 Å². The van der Waals surface area contributed by atoms with Crippen LogP contribution in [0, 0.1) is 11.3 Å². The van der Waals surface area contributed by atoms with E-state index in [0.29, 0.717) is 28.2 Å². The van der Waals surface area contributed by atoms with Gasteiger partial charge in [-0.25, -0.2) is 4.98 Å². The van der Waals surface area contributed by atoms with Gasteiger partial charge in [0.05, 0.1) is 21.8 Å². The molecule has 2 aliphatic heterocycles. The van der Waals surface area contributed by atoms with Gasteiger partial charge >= 0.3 is 0 Å². The fourth-order valence-electron chi connectivity index (χ4n) is 4.30. The minimum Gasteiger partial charge on any atom is -0.371 e. The van der Waals surface area contributed by atoms with E-state index in [9.17, 15) is 13.0 Å². The normalized spacial score (nSPS) is 16.1. The van der Waals surface area contributed by atoms with Crippen LogP contribution in [0.2, 0.25) is 0 Å². The van der Waals surface area contributed by atoms with Crippen LogP contribution in [0.15, 0.2) is 39.4 Å². The van der Waals surface area contributed by atoms with E-state index in [4.69, 9.17) is 5.26 Å². The first-order valence-corrected chi connectivity index (χ1v) is 11.8. The number of aryl methyl sites for hydroxylation is 1. The van der Waals surface area contributed by atoms with Crippen molar-refractivity contribution in [1.29, 1.82) is 5.26 Å². The Morgan fingerprint density at radius 2 is 1.97 bits per heavy atom. The molecule has 0 amide bonds. The van der Waals surface area contributed by atoms with Crippen LogP contribution in [0.1, 0.15) is 29.5 Å². The smallest absolute Gasteiger partial charge is 0.297 e. The number of rotatable bonds is 3. The van der Waals surface area contributed by atoms with Crippen molar-refractivity contribution in [1.82, 2.24) is 4.98 Å². The Bertz CT molecular complexity index is 1350. The van der Waals surface area contributed by atoms with Crippen molar-refractivity contribution in [3.05, 3.63) is 41.0 Å². The highest BCUT2D eigenvalue weighted by Crippen LogP contribution is 2.44. The first kappa shape index (κ1) is 19.1. The van der Waals surface area contributed by atoms with E-state index in [1.54, 1.807) is 24.3 Å².